The van der Waals surface area contributed by atoms with Gasteiger partial charge in [-0.1, -0.05) is 11.6 Å². The van der Waals surface area contributed by atoms with Crippen LogP contribution in [0.4, 0.5) is 10.5 Å². The number of piperazine rings is 1. The van der Waals surface area contributed by atoms with Crippen LogP contribution in [0.1, 0.15) is 20.8 Å². The molecule has 0 aliphatic carbocycles. The van der Waals surface area contributed by atoms with Gasteiger partial charge >= 0.3 is 6.09 Å². The minimum Gasteiger partial charge on any atom is -0.496 e. The lowest BCUT2D eigenvalue weighted by atomic mass is 10.1. The predicted octanol–water partition coefficient (Wildman–Crippen LogP) is 4.23. The van der Waals surface area contributed by atoms with Gasteiger partial charge in [-0.05, 0) is 32.9 Å². The predicted molar refractivity (Wildman–Crippen MR) is 132 cm³/mol. The Hall–Kier alpha value is -3.17. The third-order valence-electron chi connectivity index (χ3n) is 5.49. The number of hydrogen-bond donors (Lipinski definition) is 1. The maximum atomic E-state index is 12.0. The van der Waals surface area contributed by atoms with Crippen molar-refractivity contribution >= 4 is 29.0 Å². The summed E-state index contributed by atoms with van der Waals surface area (Å²) < 4.78 is 18.1. The summed E-state index contributed by atoms with van der Waals surface area (Å²) in [5.74, 6) is 1.19. The SMILES string of the molecule is COc1cc(OC)c(-c2cn3ccc(N4CCN(NC(=O)OC(C)(C)C)CC4)cc3n2)cc1Cl. The lowest BCUT2D eigenvalue weighted by Crippen LogP contribution is -2.54. The first kappa shape index (κ1) is 24.0. The Kier molecular flexibility index (Phi) is 6.77. The number of hydrogen-bond acceptors (Lipinski definition) is 7. The number of carbonyl (C=O) groups is 1. The highest BCUT2D eigenvalue weighted by molar-refractivity contribution is 6.32. The van der Waals surface area contributed by atoms with Crippen LogP contribution in [0.5, 0.6) is 11.5 Å². The fourth-order valence-corrected chi connectivity index (χ4v) is 4.11. The molecule has 9 nitrogen and oxygen atoms in total. The second kappa shape index (κ2) is 9.60. The molecule has 1 amide bonds. The number of ether oxygens (including phenoxy) is 3. The lowest BCUT2D eigenvalue weighted by molar-refractivity contribution is 0.0320. The molecule has 3 aromatic rings. The van der Waals surface area contributed by atoms with Gasteiger partial charge in [-0.3, -0.25) is 5.43 Å². The number of nitrogens with one attached hydrogen (secondary N) is 1. The first-order chi connectivity index (χ1) is 16.2. The van der Waals surface area contributed by atoms with Crippen molar-refractivity contribution in [2.75, 3.05) is 45.3 Å². The van der Waals surface area contributed by atoms with Gasteiger partial charge in [0.1, 0.15) is 22.7 Å². The van der Waals surface area contributed by atoms with E-state index in [1.165, 1.54) is 0 Å². The third-order valence-corrected chi connectivity index (χ3v) is 5.78. The molecule has 10 heteroatoms. The van der Waals surface area contributed by atoms with Gasteiger partial charge in [0.25, 0.3) is 0 Å². The Morgan fingerprint density at radius 1 is 1.06 bits per heavy atom. The number of methoxy groups -OCH3 is 2. The van der Waals surface area contributed by atoms with Crippen LogP contribution in [0.2, 0.25) is 5.02 Å². The van der Waals surface area contributed by atoms with Crippen LogP contribution in [0.3, 0.4) is 0 Å². The standard InChI is InChI=1S/C24H30ClN5O4/c1-24(2,3)34-23(31)27-30-10-8-28(9-11-30)16-6-7-29-15-19(26-22(29)12-16)17-13-18(25)21(33-5)14-20(17)32-4/h6-7,12-15H,8-11H2,1-5H3,(H,27,31). The van der Waals surface area contributed by atoms with E-state index in [-0.39, 0.29) is 0 Å². The number of anilines is 1. The average molecular weight is 488 g/mol. The number of fused-ring (bicyclic) bond motifs is 1. The summed E-state index contributed by atoms with van der Waals surface area (Å²) in [6.07, 6.45) is 3.51. The molecule has 1 aliphatic rings. The molecular formula is C24H30ClN5O4. The Balaban J connectivity index is 1.48. The quantitative estimate of drug-likeness (QED) is 0.576. The fraction of sp³-hybridized carbons (Fsp3) is 0.417. The molecule has 1 saturated heterocycles. The average Bonchev–Trinajstić information content (AvgIpc) is 3.21. The van der Waals surface area contributed by atoms with Gasteiger partial charge in [0.15, 0.2) is 0 Å². The zero-order valence-electron chi connectivity index (χ0n) is 20.1. The van der Waals surface area contributed by atoms with Crippen molar-refractivity contribution in [3.8, 4) is 22.8 Å². The molecule has 4 rings (SSSR count). The van der Waals surface area contributed by atoms with Crippen molar-refractivity contribution in [2.24, 2.45) is 0 Å². The summed E-state index contributed by atoms with van der Waals surface area (Å²) in [5, 5.41) is 2.38. The number of aromatic nitrogens is 2. The Morgan fingerprint density at radius 3 is 2.41 bits per heavy atom. The van der Waals surface area contributed by atoms with Gasteiger partial charge < -0.3 is 23.5 Å². The summed E-state index contributed by atoms with van der Waals surface area (Å²) in [6.45, 7) is 8.45. The highest BCUT2D eigenvalue weighted by atomic mass is 35.5. The summed E-state index contributed by atoms with van der Waals surface area (Å²) in [4.78, 5) is 19.1. The number of benzene rings is 1. The molecule has 0 unspecified atom stereocenters. The largest absolute Gasteiger partial charge is 0.496 e. The number of imidazole rings is 1. The molecule has 0 spiro atoms. The normalized spacial score (nSPS) is 14.8. The van der Waals surface area contributed by atoms with Crippen LogP contribution in [-0.4, -0.2) is 66.5 Å². The third kappa shape index (κ3) is 5.31. The second-order valence-electron chi connectivity index (χ2n) is 9.05. The molecule has 3 heterocycles. The van der Waals surface area contributed by atoms with E-state index in [0.717, 1.165) is 35.7 Å². The molecule has 0 bridgehead atoms. The summed E-state index contributed by atoms with van der Waals surface area (Å²) in [7, 11) is 3.18. The maximum absolute atomic E-state index is 12.0. The Morgan fingerprint density at radius 2 is 1.76 bits per heavy atom. The van der Waals surface area contributed by atoms with Crippen molar-refractivity contribution in [2.45, 2.75) is 26.4 Å². The first-order valence-corrected chi connectivity index (χ1v) is 11.4. The number of hydrazine groups is 1. The van der Waals surface area contributed by atoms with Crippen molar-refractivity contribution in [3.63, 3.8) is 0 Å². The van der Waals surface area contributed by atoms with E-state index in [2.05, 4.69) is 22.5 Å². The van der Waals surface area contributed by atoms with Crippen LogP contribution in [0.15, 0.2) is 36.7 Å². The van der Waals surface area contributed by atoms with Crippen LogP contribution in [-0.2, 0) is 4.74 Å². The number of rotatable bonds is 5. The summed E-state index contributed by atoms with van der Waals surface area (Å²) >= 11 is 6.35. The van der Waals surface area contributed by atoms with E-state index >= 15 is 0 Å². The monoisotopic (exact) mass is 487 g/mol. The van der Waals surface area contributed by atoms with Crippen molar-refractivity contribution in [1.82, 2.24) is 19.8 Å². The number of pyridine rings is 1. The van der Waals surface area contributed by atoms with Gasteiger partial charge in [-0.15, -0.1) is 0 Å². The topological polar surface area (TPSA) is 80.6 Å². The van der Waals surface area contributed by atoms with Crippen molar-refractivity contribution in [3.05, 3.63) is 41.7 Å². The number of amides is 1. The van der Waals surface area contributed by atoms with Gasteiger partial charge in [0, 0.05) is 62.0 Å². The smallest absolute Gasteiger partial charge is 0.422 e. The van der Waals surface area contributed by atoms with Gasteiger partial charge in [-0.2, -0.15) is 0 Å². The minimum absolute atomic E-state index is 0.429. The van der Waals surface area contributed by atoms with E-state index < -0.39 is 11.7 Å². The second-order valence-corrected chi connectivity index (χ2v) is 9.46. The van der Waals surface area contributed by atoms with Gasteiger partial charge in [0.2, 0.25) is 0 Å². The van der Waals surface area contributed by atoms with E-state index in [4.69, 9.17) is 30.8 Å². The molecule has 2 aromatic heterocycles. The molecule has 1 aliphatic heterocycles. The maximum Gasteiger partial charge on any atom is 0.422 e. The molecule has 34 heavy (non-hydrogen) atoms. The molecule has 1 aromatic carbocycles. The molecule has 1 fully saturated rings. The zero-order valence-corrected chi connectivity index (χ0v) is 20.8. The summed E-state index contributed by atoms with van der Waals surface area (Å²) in [5.41, 5.74) is 5.73. The van der Waals surface area contributed by atoms with Gasteiger partial charge in [-0.25, -0.2) is 14.8 Å². The molecule has 1 N–H and O–H groups in total. The zero-order chi connectivity index (χ0) is 24.5. The van der Waals surface area contributed by atoms with E-state index in [9.17, 15) is 4.79 Å². The van der Waals surface area contributed by atoms with Crippen LogP contribution < -0.4 is 19.8 Å². The molecule has 182 valence electrons. The lowest BCUT2D eigenvalue weighted by Gasteiger charge is -2.36. The van der Waals surface area contributed by atoms with Crippen molar-refractivity contribution in [1.29, 1.82) is 0 Å². The molecule has 0 radical (unpaired) electrons. The van der Waals surface area contributed by atoms with Crippen molar-refractivity contribution < 1.29 is 19.0 Å². The highest BCUT2D eigenvalue weighted by Gasteiger charge is 2.22. The van der Waals surface area contributed by atoms with Gasteiger partial charge in [0.05, 0.1) is 24.9 Å². The minimum atomic E-state index is -0.522. The van der Waals surface area contributed by atoms with E-state index in [0.29, 0.717) is 29.6 Å². The fourth-order valence-electron chi connectivity index (χ4n) is 3.86. The highest BCUT2D eigenvalue weighted by Crippen LogP contribution is 2.38. The van der Waals surface area contributed by atoms with Crippen LogP contribution in [0, 0.1) is 0 Å². The molecular weight excluding hydrogens is 458 g/mol. The number of nitrogens with zero attached hydrogens (tertiary/aromatic N) is 4. The summed E-state index contributed by atoms with van der Waals surface area (Å²) in [6, 6.07) is 7.68. The van der Waals surface area contributed by atoms with Crippen LogP contribution in [0.25, 0.3) is 16.9 Å². The van der Waals surface area contributed by atoms with E-state index in [1.54, 1.807) is 26.4 Å². The number of halogens is 1. The van der Waals surface area contributed by atoms with Crippen LogP contribution >= 0.6 is 11.6 Å². The Labute approximate surface area is 204 Å². The molecule has 0 atom stereocenters. The van der Waals surface area contributed by atoms with E-state index in [1.807, 2.05) is 42.6 Å². The molecule has 0 saturated carbocycles. The first-order valence-electron chi connectivity index (χ1n) is 11.1. The number of carbonyl (C=O) groups excluding carboxylic acids is 1. The Bertz CT molecular complexity index is 1180.